The number of carbonyl (C=O) groups excluding carboxylic acids is 1. The Labute approximate surface area is 165 Å². The summed E-state index contributed by atoms with van der Waals surface area (Å²) in [5.74, 6) is 0.929. The van der Waals surface area contributed by atoms with Crippen LogP contribution in [0.4, 0.5) is 0 Å². The lowest BCUT2D eigenvalue weighted by molar-refractivity contribution is -0.130. The van der Waals surface area contributed by atoms with Crippen LogP contribution in [0.2, 0.25) is 0 Å². The summed E-state index contributed by atoms with van der Waals surface area (Å²) in [6, 6.07) is 11.7. The molecule has 0 radical (unpaired) electrons. The van der Waals surface area contributed by atoms with Gasteiger partial charge in [-0.1, -0.05) is 52.9 Å². The molecule has 0 saturated carbocycles. The molecule has 0 saturated heterocycles. The van der Waals surface area contributed by atoms with Crippen molar-refractivity contribution >= 4 is 34.7 Å². The Morgan fingerprint density at radius 3 is 2.74 bits per heavy atom. The van der Waals surface area contributed by atoms with Crippen molar-refractivity contribution in [1.29, 1.82) is 0 Å². The summed E-state index contributed by atoms with van der Waals surface area (Å²) in [6.07, 6.45) is 2.26. The lowest BCUT2D eigenvalue weighted by Crippen LogP contribution is -2.28. The van der Waals surface area contributed by atoms with Gasteiger partial charge in [0, 0.05) is 6.42 Å². The molecule has 0 fully saturated rings. The van der Waals surface area contributed by atoms with Crippen molar-refractivity contribution in [2.24, 2.45) is 5.10 Å². The highest BCUT2D eigenvalue weighted by molar-refractivity contribution is 8.01. The van der Waals surface area contributed by atoms with Crippen LogP contribution in [-0.4, -0.2) is 32.6 Å². The average molecular weight is 399 g/mol. The maximum Gasteiger partial charge on any atom is 0.253 e. The SMILES string of the molecule is Cc1ccc(C2=NN(C(=O)CSc3nnc(C)s3)[C@@H](c3ccco3)C2)cc1. The summed E-state index contributed by atoms with van der Waals surface area (Å²) in [6.45, 7) is 3.95. The van der Waals surface area contributed by atoms with Gasteiger partial charge in [-0.05, 0) is 31.5 Å². The van der Waals surface area contributed by atoms with Crippen molar-refractivity contribution in [2.75, 3.05) is 5.75 Å². The molecule has 0 unspecified atom stereocenters. The van der Waals surface area contributed by atoms with Gasteiger partial charge in [0.15, 0.2) is 4.34 Å². The van der Waals surface area contributed by atoms with E-state index in [4.69, 9.17) is 4.42 Å². The quantitative estimate of drug-likeness (QED) is 0.602. The average Bonchev–Trinajstić information content (AvgIpc) is 3.40. The fourth-order valence-electron chi connectivity index (χ4n) is 2.89. The highest BCUT2D eigenvalue weighted by atomic mass is 32.2. The number of furan rings is 1. The number of amides is 1. The van der Waals surface area contributed by atoms with Gasteiger partial charge in [-0.25, -0.2) is 5.01 Å². The number of thioether (sulfide) groups is 1. The molecule has 1 atom stereocenters. The number of benzene rings is 1. The molecule has 0 aliphatic carbocycles. The zero-order valence-corrected chi connectivity index (χ0v) is 16.6. The monoisotopic (exact) mass is 398 g/mol. The van der Waals surface area contributed by atoms with Gasteiger partial charge in [0.25, 0.3) is 5.91 Å². The Morgan fingerprint density at radius 2 is 2.07 bits per heavy atom. The topological polar surface area (TPSA) is 71.6 Å². The second-order valence-electron chi connectivity index (χ2n) is 6.26. The number of hydrogen-bond donors (Lipinski definition) is 0. The molecule has 6 nitrogen and oxygen atoms in total. The second-order valence-corrected chi connectivity index (χ2v) is 8.67. The minimum absolute atomic E-state index is 0.0728. The molecule has 0 bridgehead atoms. The summed E-state index contributed by atoms with van der Waals surface area (Å²) in [5, 5.41) is 15.1. The van der Waals surface area contributed by atoms with Crippen LogP contribution in [0.5, 0.6) is 0 Å². The van der Waals surface area contributed by atoms with Gasteiger partial charge in [0.1, 0.15) is 16.8 Å². The first-order valence-corrected chi connectivity index (χ1v) is 10.3. The molecular formula is C19H18N4O2S2. The molecule has 1 amide bonds. The maximum atomic E-state index is 12.9. The highest BCUT2D eigenvalue weighted by Crippen LogP contribution is 2.34. The maximum absolute atomic E-state index is 12.9. The van der Waals surface area contributed by atoms with E-state index < -0.39 is 0 Å². The van der Waals surface area contributed by atoms with Gasteiger partial charge in [0.2, 0.25) is 0 Å². The molecule has 0 N–H and O–H groups in total. The van der Waals surface area contributed by atoms with E-state index in [9.17, 15) is 4.79 Å². The van der Waals surface area contributed by atoms with Crippen LogP contribution in [0.3, 0.4) is 0 Å². The smallest absolute Gasteiger partial charge is 0.253 e. The zero-order valence-electron chi connectivity index (χ0n) is 15.0. The Morgan fingerprint density at radius 1 is 1.26 bits per heavy atom. The predicted octanol–water partition coefficient (Wildman–Crippen LogP) is 4.22. The van der Waals surface area contributed by atoms with Crippen LogP contribution in [0.1, 0.15) is 34.4 Å². The second kappa shape index (κ2) is 7.66. The van der Waals surface area contributed by atoms with Crippen molar-refractivity contribution in [3.8, 4) is 0 Å². The number of rotatable bonds is 5. The van der Waals surface area contributed by atoms with Crippen molar-refractivity contribution < 1.29 is 9.21 Å². The molecule has 138 valence electrons. The van der Waals surface area contributed by atoms with Gasteiger partial charge in [-0.2, -0.15) is 5.10 Å². The van der Waals surface area contributed by atoms with E-state index >= 15 is 0 Å². The molecule has 8 heteroatoms. The van der Waals surface area contributed by atoms with Gasteiger partial charge < -0.3 is 4.42 Å². The summed E-state index contributed by atoms with van der Waals surface area (Å²) in [4.78, 5) is 12.9. The number of hydrazone groups is 1. The van der Waals surface area contributed by atoms with Crippen LogP contribution < -0.4 is 0 Å². The van der Waals surface area contributed by atoms with Crippen LogP contribution in [0, 0.1) is 13.8 Å². The molecule has 27 heavy (non-hydrogen) atoms. The lowest BCUT2D eigenvalue weighted by atomic mass is 10.0. The normalized spacial score (nSPS) is 16.6. The van der Waals surface area contributed by atoms with Gasteiger partial charge in [0.05, 0.1) is 17.7 Å². The third-order valence-electron chi connectivity index (χ3n) is 4.25. The third kappa shape index (κ3) is 3.96. The molecular weight excluding hydrogens is 380 g/mol. The number of carbonyl (C=O) groups is 1. The first-order chi connectivity index (χ1) is 13.1. The predicted molar refractivity (Wildman–Crippen MR) is 106 cm³/mol. The van der Waals surface area contributed by atoms with Crippen molar-refractivity contribution in [3.63, 3.8) is 0 Å². The highest BCUT2D eigenvalue weighted by Gasteiger charge is 2.34. The molecule has 0 spiro atoms. The number of nitrogens with zero attached hydrogens (tertiary/aromatic N) is 4. The fraction of sp³-hybridized carbons (Fsp3) is 0.263. The van der Waals surface area contributed by atoms with Crippen molar-refractivity contribution in [2.45, 2.75) is 30.6 Å². The molecule has 3 heterocycles. The molecule has 1 aliphatic rings. The Hall–Kier alpha value is -2.45. The summed E-state index contributed by atoms with van der Waals surface area (Å²) >= 11 is 2.87. The van der Waals surface area contributed by atoms with E-state index in [1.54, 1.807) is 11.3 Å². The Balaban J connectivity index is 1.55. The molecule has 4 rings (SSSR count). The van der Waals surface area contributed by atoms with Gasteiger partial charge in [-0.15, -0.1) is 10.2 Å². The van der Waals surface area contributed by atoms with Crippen molar-refractivity contribution in [1.82, 2.24) is 15.2 Å². The zero-order chi connectivity index (χ0) is 18.8. The van der Waals surface area contributed by atoms with Crippen LogP contribution >= 0.6 is 23.1 Å². The van der Waals surface area contributed by atoms with E-state index in [-0.39, 0.29) is 17.7 Å². The van der Waals surface area contributed by atoms with E-state index in [2.05, 4.69) is 27.4 Å². The molecule has 1 aromatic carbocycles. The number of hydrogen-bond acceptors (Lipinski definition) is 7. The third-order valence-corrected chi connectivity index (χ3v) is 6.21. The largest absolute Gasteiger partial charge is 0.467 e. The van der Waals surface area contributed by atoms with E-state index in [1.807, 2.05) is 38.1 Å². The number of aromatic nitrogens is 2. The van der Waals surface area contributed by atoms with Crippen LogP contribution in [-0.2, 0) is 4.79 Å². The first-order valence-electron chi connectivity index (χ1n) is 8.53. The van der Waals surface area contributed by atoms with E-state index in [0.29, 0.717) is 6.42 Å². The minimum Gasteiger partial charge on any atom is -0.467 e. The van der Waals surface area contributed by atoms with Crippen LogP contribution in [0.15, 0.2) is 56.5 Å². The first kappa shape index (κ1) is 17.9. The van der Waals surface area contributed by atoms with Gasteiger partial charge >= 0.3 is 0 Å². The Kier molecular flexibility index (Phi) is 5.09. The van der Waals surface area contributed by atoms with E-state index in [1.165, 1.54) is 28.7 Å². The summed E-state index contributed by atoms with van der Waals surface area (Å²) in [7, 11) is 0. The Bertz CT molecular complexity index is 964. The molecule has 1 aliphatic heterocycles. The van der Waals surface area contributed by atoms with Crippen LogP contribution in [0.25, 0.3) is 0 Å². The molecule has 3 aromatic rings. The summed E-state index contributed by atoms with van der Waals surface area (Å²) in [5.41, 5.74) is 3.11. The summed E-state index contributed by atoms with van der Waals surface area (Å²) < 4.78 is 6.36. The van der Waals surface area contributed by atoms with Crippen molar-refractivity contribution in [3.05, 3.63) is 64.6 Å². The fourth-order valence-corrected chi connectivity index (χ4v) is 4.56. The van der Waals surface area contributed by atoms with Gasteiger partial charge in [-0.3, -0.25) is 4.79 Å². The lowest BCUT2D eigenvalue weighted by Gasteiger charge is -2.19. The number of aryl methyl sites for hydroxylation is 2. The molecule has 2 aromatic heterocycles. The minimum atomic E-state index is -0.222. The standard InChI is InChI=1S/C19H18N4O2S2/c1-12-5-7-14(8-6-12)15-10-16(17-4-3-9-25-17)23(22-15)18(24)11-26-19-21-20-13(2)27-19/h3-9,16H,10-11H2,1-2H3/t16-/m1/s1. The van der Waals surface area contributed by atoms with E-state index in [0.717, 1.165) is 26.4 Å².